The third-order valence-corrected chi connectivity index (χ3v) is 8.32. The number of nitrogens with one attached hydrogen (secondary N) is 1. The van der Waals surface area contributed by atoms with Gasteiger partial charge < -0.3 is 19.4 Å². The van der Waals surface area contributed by atoms with Crippen LogP contribution < -0.4 is 10.1 Å². The van der Waals surface area contributed by atoms with Crippen LogP contribution in [0.25, 0.3) is 32.9 Å². The molecule has 5 nitrogen and oxygen atoms in total. The first-order valence-electron chi connectivity index (χ1n) is 13.8. The summed E-state index contributed by atoms with van der Waals surface area (Å²) in [5.74, 6) is 0.897. The summed E-state index contributed by atoms with van der Waals surface area (Å²) in [7, 11) is 1.71. The molecule has 5 heteroatoms. The Bertz CT molecular complexity index is 1750. The molecule has 7 rings (SSSR count). The molecule has 2 aliphatic rings. The number of benzene rings is 4. The third kappa shape index (κ3) is 3.92. The van der Waals surface area contributed by atoms with Gasteiger partial charge >= 0.3 is 0 Å². The molecule has 0 saturated heterocycles. The number of amides is 1. The number of fused-ring (bicyclic) bond motifs is 10. The van der Waals surface area contributed by atoms with E-state index in [-0.39, 0.29) is 5.91 Å². The van der Waals surface area contributed by atoms with Gasteiger partial charge in [0.2, 0.25) is 0 Å². The summed E-state index contributed by atoms with van der Waals surface area (Å²) in [5.41, 5.74) is 11.7. The lowest BCUT2D eigenvalue weighted by Gasteiger charge is -2.25. The smallest absolute Gasteiger partial charge is 0.252 e. The molecular weight excluding hydrogens is 484 g/mol. The van der Waals surface area contributed by atoms with E-state index in [1.165, 1.54) is 44.1 Å². The SMILES string of the molecule is COc1ccc2c(c1)CCc1c-2c2c(c3c4cc(C)ccc4n(CCCOCc4ccccc4)c13)CNC2=O. The number of hydrogen-bond acceptors (Lipinski definition) is 3. The summed E-state index contributed by atoms with van der Waals surface area (Å²) in [6.07, 6.45) is 2.73. The third-order valence-electron chi connectivity index (χ3n) is 8.32. The van der Waals surface area contributed by atoms with Crippen molar-refractivity contribution in [1.82, 2.24) is 9.88 Å². The highest BCUT2D eigenvalue weighted by atomic mass is 16.5. The number of methoxy groups -OCH3 is 1. The Kier molecular flexibility index (Phi) is 5.89. The topological polar surface area (TPSA) is 52.5 Å². The zero-order valence-corrected chi connectivity index (χ0v) is 22.5. The van der Waals surface area contributed by atoms with Crippen molar-refractivity contribution in [3.63, 3.8) is 0 Å². The van der Waals surface area contributed by atoms with Gasteiger partial charge in [0.15, 0.2) is 0 Å². The lowest BCUT2D eigenvalue weighted by Crippen LogP contribution is -2.16. The second kappa shape index (κ2) is 9.58. The zero-order valence-electron chi connectivity index (χ0n) is 22.5. The van der Waals surface area contributed by atoms with Crippen molar-refractivity contribution in [1.29, 1.82) is 0 Å². The first-order valence-corrected chi connectivity index (χ1v) is 13.8. The molecule has 1 aromatic heterocycles. The molecule has 4 aromatic carbocycles. The van der Waals surface area contributed by atoms with Crippen LogP contribution in [0.2, 0.25) is 0 Å². The van der Waals surface area contributed by atoms with Crippen molar-refractivity contribution in [3.8, 4) is 16.9 Å². The Labute approximate surface area is 228 Å². The molecule has 1 aliphatic heterocycles. The van der Waals surface area contributed by atoms with Gasteiger partial charge in [-0.3, -0.25) is 4.79 Å². The summed E-state index contributed by atoms with van der Waals surface area (Å²) in [4.78, 5) is 13.3. The summed E-state index contributed by atoms with van der Waals surface area (Å²) in [5, 5.41) is 5.63. The number of aromatic nitrogens is 1. The minimum atomic E-state index is 0.0367. The quantitative estimate of drug-likeness (QED) is 0.244. The fraction of sp³-hybridized carbons (Fsp3) is 0.265. The molecule has 5 aromatic rings. The Balaban J connectivity index is 1.37. The van der Waals surface area contributed by atoms with E-state index in [0.29, 0.717) is 19.8 Å². The predicted octanol–water partition coefficient (Wildman–Crippen LogP) is 6.73. The minimum Gasteiger partial charge on any atom is -0.497 e. The molecular formula is C34H32N2O3. The zero-order chi connectivity index (χ0) is 26.5. The lowest BCUT2D eigenvalue weighted by molar-refractivity contribution is 0.0966. The number of carbonyl (C=O) groups is 1. The van der Waals surface area contributed by atoms with E-state index in [9.17, 15) is 4.79 Å². The van der Waals surface area contributed by atoms with Crippen LogP contribution in [0.5, 0.6) is 5.75 Å². The first-order chi connectivity index (χ1) is 19.1. The Hall–Kier alpha value is -4.09. The Morgan fingerprint density at radius 3 is 2.67 bits per heavy atom. The number of carbonyl (C=O) groups excluding carboxylic acids is 1. The van der Waals surface area contributed by atoms with E-state index < -0.39 is 0 Å². The van der Waals surface area contributed by atoms with Crippen molar-refractivity contribution in [2.75, 3.05) is 13.7 Å². The minimum absolute atomic E-state index is 0.0367. The highest BCUT2D eigenvalue weighted by Crippen LogP contribution is 2.47. The van der Waals surface area contributed by atoms with Gasteiger partial charge in [0.1, 0.15) is 5.75 Å². The summed E-state index contributed by atoms with van der Waals surface area (Å²) in [6.45, 7) is 4.89. The molecule has 0 fully saturated rings. The van der Waals surface area contributed by atoms with Crippen molar-refractivity contribution in [3.05, 3.63) is 100 Å². The fourth-order valence-electron chi connectivity index (χ4n) is 6.59. The maximum absolute atomic E-state index is 13.3. The highest BCUT2D eigenvalue weighted by Gasteiger charge is 2.34. The molecule has 0 bridgehead atoms. The van der Waals surface area contributed by atoms with Crippen molar-refractivity contribution in [2.24, 2.45) is 0 Å². The maximum Gasteiger partial charge on any atom is 0.252 e. The van der Waals surface area contributed by atoms with Gasteiger partial charge in [0.25, 0.3) is 5.91 Å². The molecule has 196 valence electrons. The molecule has 2 heterocycles. The van der Waals surface area contributed by atoms with Crippen LogP contribution in [-0.2, 0) is 37.3 Å². The van der Waals surface area contributed by atoms with Gasteiger partial charge in [-0.05, 0) is 78.3 Å². The van der Waals surface area contributed by atoms with Crippen LogP contribution in [0.15, 0.2) is 66.7 Å². The second-order valence-electron chi connectivity index (χ2n) is 10.7. The van der Waals surface area contributed by atoms with Crippen molar-refractivity contribution >= 4 is 27.7 Å². The number of nitrogens with zero attached hydrogens (tertiary/aromatic N) is 1. The van der Waals surface area contributed by atoms with Crippen LogP contribution >= 0.6 is 0 Å². The largest absolute Gasteiger partial charge is 0.497 e. The standard InChI is InChI=1S/C34H32N2O3/c1-21-9-14-29-27(17-21)31-28-19-35-34(37)32(28)30-25-13-11-24(38-2)18-23(25)10-12-26(30)33(31)36(29)15-6-16-39-20-22-7-4-3-5-8-22/h3-5,7-9,11,13-14,17-18H,6,10,12,15-16,19-20H2,1-2H3,(H,35,37). The summed E-state index contributed by atoms with van der Waals surface area (Å²) < 4.78 is 14.1. The van der Waals surface area contributed by atoms with Crippen LogP contribution in [0.1, 0.15) is 44.6 Å². The van der Waals surface area contributed by atoms with Gasteiger partial charge in [-0.2, -0.15) is 0 Å². The molecule has 0 unspecified atom stereocenters. The molecule has 0 atom stereocenters. The highest BCUT2D eigenvalue weighted by molar-refractivity contribution is 6.19. The predicted molar refractivity (Wildman–Crippen MR) is 155 cm³/mol. The average molecular weight is 517 g/mol. The molecule has 1 amide bonds. The molecule has 39 heavy (non-hydrogen) atoms. The van der Waals surface area contributed by atoms with E-state index in [1.54, 1.807) is 7.11 Å². The van der Waals surface area contributed by atoms with Crippen LogP contribution in [0.4, 0.5) is 0 Å². The molecule has 1 N–H and O–H groups in total. The van der Waals surface area contributed by atoms with Gasteiger partial charge in [-0.25, -0.2) is 0 Å². The van der Waals surface area contributed by atoms with Crippen LogP contribution in [0.3, 0.4) is 0 Å². The normalized spacial score (nSPS) is 13.8. The van der Waals surface area contributed by atoms with Crippen LogP contribution in [-0.4, -0.2) is 24.2 Å². The number of hydrogen-bond donors (Lipinski definition) is 1. The van der Waals surface area contributed by atoms with Gasteiger partial charge in [-0.15, -0.1) is 0 Å². The van der Waals surface area contributed by atoms with E-state index in [4.69, 9.17) is 9.47 Å². The van der Waals surface area contributed by atoms with Crippen molar-refractivity contribution in [2.45, 2.75) is 45.9 Å². The first kappa shape index (κ1) is 24.0. The number of ether oxygens (including phenoxy) is 2. The van der Waals surface area contributed by atoms with E-state index in [2.05, 4.69) is 59.3 Å². The van der Waals surface area contributed by atoms with Gasteiger partial charge in [0.05, 0.1) is 24.8 Å². The average Bonchev–Trinajstić information content (AvgIpc) is 3.50. The molecule has 0 saturated carbocycles. The van der Waals surface area contributed by atoms with E-state index in [0.717, 1.165) is 53.8 Å². The summed E-state index contributed by atoms with van der Waals surface area (Å²) >= 11 is 0. The Morgan fingerprint density at radius 1 is 0.949 bits per heavy atom. The van der Waals surface area contributed by atoms with Gasteiger partial charge in [-0.1, -0.05) is 48.0 Å². The maximum atomic E-state index is 13.3. The molecule has 0 spiro atoms. The molecule has 0 radical (unpaired) electrons. The monoisotopic (exact) mass is 516 g/mol. The fourth-order valence-corrected chi connectivity index (χ4v) is 6.59. The summed E-state index contributed by atoms with van der Waals surface area (Å²) in [6, 6.07) is 23.4. The van der Waals surface area contributed by atoms with E-state index >= 15 is 0 Å². The lowest BCUT2D eigenvalue weighted by atomic mass is 9.80. The van der Waals surface area contributed by atoms with Crippen molar-refractivity contribution < 1.29 is 14.3 Å². The Morgan fingerprint density at radius 2 is 1.82 bits per heavy atom. The number of aryl methyl sites for hydroxylation is 4. The number of rotatable bonds is 7. The van der Waals surface area contributed by atoms with Gasteiger partial charge in [0, 0.05) is 41.5 Å². The molecule has 1 aliphatic carbocycles. The second-order valence-corrected chi connectivity index (χ2v) is 10.7. The van der Waals surface area contributed by atoms with E-state index in [1.807, 2.05) is 24.3 Å². The van der Waals surface area contributed by atoms with Crippen LogP contribution in [0, 0.1) is 6.92 Å².